The first-order chi connectivity index (χ1) is 15.6. The zero-order valence-electron chi connectivity index (χ0n) is 17.5. The molecule has 32 heavy (non-hydrogen) atoms. The number of carboxylic acids is 1. The fraction of sp³-hybridized carbons (Fsp3) is 0.185. The first kappa shape index (κ1) is 20.1. The van der Waals surface area contributed by atoms with Crippen LogP contribution in [0.15, 0.2) is 78.9 Å². The molecule has 0 bridgehead atoms. The van der Waals surface area contributed by atoms with E-state index in [4.69, 9.17) is 4.74 Å². The average Bonchev–Trinajstić information content (AvgIpc) is 3.36. The number of carbonyl (C=O) groups is 2. The van der Waals surface area contributed by atoms with Crippen LogP contribution in [-0.4, -0.2) is 29.8 Å². The molecule has 0 aliphatic heterocycles. The van der Waals surface area contributed by atoms with E-state index in [9.17, 15) is 14.7 Å². The van der Waals surface area contributed by atoms with Crippen LogP contribution in [0.1, 0.15) is 34.6 Å². The van der Waals surface area contributed by atoms with Gasteiger partial charge in [-0.3, -0.25) is 0 Å². The number of nitrogens with one attached hydrogen (secondary N) is 1. The van der Waals surface area contributed by atoms with Gasteiger partial charge in [-0.25, -0.2) is 9.59 Å². The molecule has 1 amide bonds. The second-order valence-corrected chi connectivity index (χ2v) is 8.16. The standard InChI is InChI=1S/C27H23NO4/c29-26(30)25(15-18-14-13-17-7-1-2-8-19(17)18)28-27(31)32-16-24-22-11-5-3-9-20(22)21-10-4-6-12-23(21)24/h1-12,14,24-25H,13,15-16H2,(H,28,31)(H,29,30)/t25-/m1/s1. The minimum absolute atomic E-state index is 0.0687. The lowest BCUT2D eigenvalue weighted by molar-refractivity contribution is -0.139. The highest BCUT2D eigenvalue weighted by molar-refractivity contribution is 5.84. The van der Waals surface area contributed by atoms with Gasteiger partial charge in [-0.15, -0.1) is 0 Å². The minimum Gasteiger partial charge on any atom is -0.480 e. The van der Waals surface area contributed by atoms with Crippen molar-refractivity contribution in [2.75, 3.05) is 6.61 Å². The Labute approximate surface area is 186 Å². The minimum atomic E-state index is -1.08. The number of ether oxygens (including phenoxy) is 1. The van der Waals surface area contributed by atoms with Crippen molar-refractivity contribution in [1.29, 1.82) is 0 Å². The molecule has 3 aromatic rings. The monoisotopic (exact) mass is 425 g/mol. The summed E-state index contributed by atoms with van der Waals surface area (Å²) in [5.74, 6) is -1.15. The third kappa shape index (κ3) is 3.66. The molecular weight excluding hydrogens is 402 g/mol. The molecule has 5 nitrogen and oxygen atoms in total. The van der Waals surface area contributed by atoms with E-state index in [-0.39, 0.29) is 18.9 Å². The zero-order valence-corrected chi connectivity index (χ0v) is 17.5. The lowest BCUT2D eigenvalue weighted by Crippen LogP contribution is -2.41. The van der Waals surface area contributed by atoms with Gasteiger partial charge in [0, 0.05) is 12.3 Å². The second kappa shape index (κ2) is 8.35. The van der Waals surface area contributed by atoms with Crippen LogP contribution >= 0.6 is 0 Å². The Balaban J connectivity index is 1.26. The third-order valence-corrected chi connectivity index (χ3v) is 6.29. The quantitative estimate of drug-likeness (QED) is 0.582. The van der Waals surface area contributed by atoms with Crippen LogP contribution in [0, 0.1) is 0 Å². The van der Waals surface area contributed by atoms with Crippen molar-refractivity contribution < 1.29 is 19.4 Å². The molecule has 5 heteroatoms. The van der Waals surface area contributed by atoms with Crippen LogP contribution in [-0.2, 0) is 16.0 Å². The summed E-state index contributed by atoms with van der Waals surface area (Å²) in [7, 11) is 0. The van der Waals surface area contributed by atoms with Crippen molar-refractivity contribution in [2.45, 2.75) is 24.8 Å². The summed E-state index contributed by atoms with van der Waals surface area (Å²) < 4.78 is 5.52. The fourth-order valence-electron chi connectivity index (χ4n) is 4.75. The van der Waals surface area contributed by atoms with Gasteiger partial charge in [0.1, 0.15) is 12.6 Å². The van der Waals surface area contributed by atoms with E-state index < -0.39 is 18.1 Å². The van der Waals surface area contributed by atoms with Gasteiger partial charge in [-0.2, -0.15) is 0 Å². The summed E-state index contributed by atoms with van der Waals surface area (Å²) >= 11 is 0. The van der Waals surface area contributed by atoms with Crippen LogP contribution in [0.2, 0.25) is 0 Å². The molecule has 0 saturated heterocycles. The maximum Gasteiger partial charge on any atom is 0.407 e. The number of hydrogen-bond acceptors (Lipinski definition) is 3. The number of alkyl carbamates (subject to hydrolysis) is 1. The number of allylic oxidation sites excluding steroid dienone is 1. The summed E-state index contributed by atoms with van der Waals surface area (Å²) in [6.45, 7) is 0.151. The highest BCUT2D eigenvalue weighted by Crippen LogP contribution is 2.44. The molecule has 0 spiro atoms. The van der Waals surface area contributed by atoms with Crippen molar-refractivity contribution in [3.8, 4) is 11.1 Å². The number of carbonyl (C=O) groups excluding carboxylic acids is 1. The zero-order chi connectivity index (χ0) is 22.1. The molecule has 160 valence electrons. The van der Waals surface area contributed by atoms with Crippen LogP contribution in [0.4, 0.5) is 4.79 Å². The Morgan fingerprint density at radius 1 is 0.906 bits per heavy atom. The van der Waals surface area contributed by atoms with E-state index in [0.717, 1.165) is 39.8 Å². The SMILES string of the molecule is O=C(N[C@H](CC1=CCc2ccccc21)C(=O)O)OCC1c2ccccc2-c2ccccc21. The summed E-state index contributed by atoms with van der Waals surface area (Å²) in [6, 6.07) is 23.1. The van der Waals surface area contributed by atoms with Crippen LogP contribution in [0.25, 0.3) is 16.7 Å². The highest BCUT2D eigenvalue weighted by atomic mass is 16.5. The Bertz CT molecular complexity index is 1180. The number of hydrogen-bond donors (Lipinski definition) is 2. The van der Waals surface area contributed by atoms with Crippen molar-refractivity contribution in [3.05, 3.63) is 101 Å². The Morgan fingerprint density at radius 3 is 2.16 bits per heavy atom. The van der Waals surface area contributed by atoms with Gasteiger partial charge in [-0.1, -0.05) is 78.9 Å². The van der Waals surface area contributed by atoms with E-state index in [1.54, 1.807) is 0 Å². The molecular formula is C27H23NO4. The molecule has 1 atom stereocenters. The van der Waals surface area contributed by atoms with Crippen LogP contribution < -0.4 is 5.32 Å². The molecule has 2 aliphatic carbocycles. The summed E-state index contributed by atoms with van der Waals surface area (Å²) in [5, 5.41) is 12.2. The van der Waals surface area contributed by atoms with E-state index in [2.05, 4.69) is 17.4 Å². The fourth-order valence-corrected chi connectivity index (χ4v) is 4.75. The van der Waals surface area contributed by atoms with Gasteiger partial charge in [0.05, 0.1) is 0 Å². The second-order valence-electron chi connectivity index (χ2n) is 8.16. The Morgan fingerprint density at radius 2 is 1.50 bits per heavy atom. The summed E-state index contributed by atoms with van der Waals surface area (Å²) in [4.78, 5) is 24.4. The van der Waals surface area contributed by atoms with Gasteiger partial charge in [-0.05, 0) is 45.4 Å². The van der Waals surface area contributed by atoms with E-state index in [1.165, 1.54) is 5.56 Å². The molecule has 0 fully saturated rings. The van der Waals surface area contributed by atoms with Crippen LogP contribution in [0.5, 0.6) is 0 Å². The topological polar surface area (TPSA) is 75.6 Å². The number of carboxylic acid groups (broad SMARTS) is 1. The predicted molar refractivity (Wildman–Crippen MR) is 122 cm³/mol. The van der Waals surface area contributed by atoms with Gasteiger partial charge >= 0.3 is 12.1 Å². The Hall–Kier alpha value is -3.86. The van der Waals surface area contributed by atoms with Gasteiger partial charge in [0.2, 0.25) is 0 Å². The van der Waals surface area contributed by atoms with Gasteiger partial charge in [0.25, 0.3) is 0 Å². The average molecular weight is 425 g/mol. The van der Waals surface area contributed by atoms with Crippen LogP contribution in [0.3, 0.4) is 0 Å². The molecule has 2 aliphatic rings. The molecule has 5 rings (SSSR count). The molecule has 2 N–H and O–H groups in total. The largest absolute Gasteiger partial charge is 0.480 e. The summed E-state index contributed by atoms with van der Waals surface area (Å²) in [5.41, 5.74) is 7.68. The molecule has 0 saturated carbocycles. The molecule has 0 heterocycles. The van der Waals surface area contributed by atoms with Crippen molar-refractivity contribution in [3.63, 3.8) is 0 Å². The molecule has 0 radical (unpaired) electrons. The number of rotatable bonds is 6. The molecule has 0 unspecified atom stereocenters. The smallest absolute Gasteiger partial charge is 0.407 e. The van der Waals surface area contributed by atoms with Crippen molar-refractivity contribution >= 4 is 17.6 Å². The van der Waals surface area contributed by atoms with E-state index >= 15 is 0 Å². The first-order valence-corrected chi connectivity index (χ1v) is 10.7. The van der Waals surface area contributed by atoms with E-state index in [1.807, 2.05) is 66.7 Å². The first-order valence-electron chi connectivity index (χ1n) is 10.7. The summed E-state index contributed by atoms with van der Waals surface area (Å²) in [6.07, 6.45) is 2.31. The van der Waals surface area contributed by atoms with E-state index in [0.29, 0.717) is 0 Å². The molecule has 0 aromatic heterocycles. The highest BCUT2D eigenvalue weighted by Gasteiger charge is 2.30. The number of fused-ring (bicyclic) bond motifs is 4. The lowest BCUT2D eigenvalue weighted by Gasteiger charge is -2.18. The van der Waals surface area contributed by atoms with Crippen molar-refractivity contribution in [2.24, 2.45) is 0 Å². The van der Waals surface area contributed by atoms with Gasteiger partial charge in [0.15, 0.2) is 0 Å². The maximum atomic E-state index is 12.5. The maximum absolute atomic E-state index is 12.5. The lowest BCUT2D eigenvalue weighted by atomic mass is 9.98. The third-order valence-electron chi connectivity index (χ3n) is 6.29. The normalized spacial score (nSPS) is 14.7. The van der Waals surface area contributed by atoms with Gasteiger partial charge < -0.3 is 15.2 Å². The number of benzene rings is 3. The number of aliphatic carboxylic acids is 1. The van der Waals surface area contributed by atoms with Crippen molar-refractivity contribution in [1.82, 2.24) is 5.32 Å². The Kier molecular flexibility index (Phi) is 5.23. The number of amides is 1. The molecule has 3 aromatic carbocycles. The predicted octanol–water partition coefficient (Wildman–Crippen LogP) is 5.01.